The van der Waals surface area contributed by atoms with Crippen molar-refractivity contribution in [1.29, 1.82) is 0 Å². The first kappa shape index (κ1) is 15.4. The number of nitroso groups, excluding NO2 is 1. The zero-order chi connectivity index (χ0) is 14.9. The standard InChI is InChI=1S/C19H23NO/c1-2-18(19-6-4-3-5-7-19)13-12-16-8-10-17(11-9-16)14-15-20-21/h3-11,18H,2,12-15H2,1H3. The van der Waals surface area contributed by atoms with E-state index in [1.807, 2.05) is 0 Å². The quantitative estimate of drug-likeness (QED) is 0.617. The van der Waals surface area contributed by atoms with Crippen molar-refractivity contribution in [1.82, 2.24) is 0 Å². The lowest BCUT2D eigenvalue weighted by Gasteiger charge is -2.15. The van der Waals surface area contributed by atoms with Crippen LogP contribution in [0.2, 0.25) is 0 Å². The maximum Gasteiger partial charge on any atom is 0.0851 e. The SMILES string of the molecule is CCC(CCc1ccc(CCN=O)cc1)c1ccccc1. The zero-order valence-electron chi connectivity index (χ0n) is 12.7. The van der Waals surface area contributed by atoms with E-state index in [1.165, 1.54) is 29.5 Å². The van der Waals surface area contributed by atoms with E-state index in [-0.39, 0.29) is 0 Å². The second-order valence-corrected chi connectivity index (χ2v) is 5.47. The van der Waals surface area contributed by atoms with Crippen LogP contribution in [-0.4, -0.2) is 6.54 Å². The largest absolute Gasteiger partial charge is 0.151 e. The molecular formula is C19H23NO. The zero-order valence-corrected chi connectivity index (χ0v) is 12.7. The van der Waals surface area contributed by atoms with E-state index in [0.29, 0.717) is 12.5 Å². The third kappa shape index (κ3) is 4.82. The molecule has 0 aliphatic rings. The van der Waals surface area contributed by atoms with Gasteiger partial charge in [-0.1, -0.05) is 66.7 Å². The average Bonchev–Trinajstić information content (AvgIpc) is 2.55. The van der Waals surface area contributed by atoms with Crippen LogP contribution in [0.5, 0.6) is 0 Å². The Bertz CT molecular complexity index is 533. The van der Waals surface area contributed by atoms with E-state index in [1.54, 1.807) is 0 Å². The Morgan fingerprint density at radius 2 is 1.52 bits per heavy atom. The predicted molar refractivity (Wildman–Crippen MR) is 88.6 cm³/mol. The molecule has 2 heteroatoms. The van der Waals surface area contributed by atoms with E-state index >= 15 is 0 Å². The number of nitrogens with zero attached hydrogens (tertiary/aromatic N) is 1. The van der Waals surface area contributed by atoms with E-state index in [0.717, 1.165) is 12.8 Å². The summed E-state index contributed by atoms with van der Waals surface area (Å²) in [6, 6.07) is 19.3. The van der Waals surface area contributed by atoms with Crippen LogP contribution in [0, 0.1) is 4.91 Å². The monoisotopic (exact) mass is 281 g/mol. The van der Waals surface area contributed by atoms with Crippen LogP contribution in [0.1, 0.15) is 42.4 Å². The molecule has 0 heterocycles. The van der Waals surface area contributed by atoms with Gasteiger partial charge in [-0.15, -0.1) is 0 Å². The first-order chi connectivity index (χ1) is 10.3. The Kier molecular flexibility index (Phi) is 6.14. The van der Waals surface area contributed by atoms with Gasteiger partial charge in [0.1, 0.15) is 0 Å². The molecule has 0 spiro atoms. The molecule has 110 valence electrons. The molecule has 0 aromatic heterocycles. The molecule has 0 saturated heterocycles. The molecule has 2 aromatic rings. The fourth-order valence-electron chi connectivity index (χ4n) is 2.72. The molecule has 0 aliphatic carbocycles. The van der Waals surface area contributed by atoms with E-state index < -0.39 is 0 Å². The minimum absolute atomic E-state index is 0.366. The lowest BCUT2D eigenvalue weighted by molar-refractivity contribution is 0.606. The van der Waals surface area contributed by atoms with Crippen molar-refractivity contribution in [3.05, 3.63) is 76.2 Å². The van der Waals surface area contributed by atoms with E-state index in [2.05, 4.69) is 66.7 Å². The van der Waals surface area contributed by atoms with Crippen LogP contribution in [0.15, 0.2) is 59.8 Å². The van der Waals surface area contributed by atoms with Crippen LogP contribution in [-0.2, 0) is 12.8 Å². The maximum absolute atomic E-state index is 10.1. The molecule has 0 bridgehead atoms. The second-order valence-electron chi connectivity index (χ2n) is 5.47. The molecular weight excluding hydrogens is 258 g/mol. The van der Waals surface area contributed by atoms with Crippen molar-refractivity contribution in [2.75, 3.05) is 6.54 Å². The van der Waals surface area contributed by atoms with Crippen LogP contribution in [0.25, 0.3) is 0 Å². The molecule has 1 unspecified atom stereocenters. The number of aryl methyl sites for hydroxylation is 1. The third-order valence-corrected chi connectivity index (χ3v) is 4.06. The van der Waals surface area contributed by atoms with Gasteiger partial charge in [-0.25, -0.2) is 0 Å². The van der Waals surface area contributed by atoms with Gasteiger partial charge in [-0.05, 0) is 48.3 Å². The van der Waals surface area contributed by atoms with Gasteiger partial charge in [0.05, 0.1) is 6.54 Å². The number of rotatable bonds is 8. The number of hydrogen-bond acceptors (Lipinski definition) is 2. The van der Waals surface area contributed by atoms with Crippen molar-refractivity contribution in [2.45, 2.75) is 38.5 Å². The molecule has 0 aliphatic heterocycles. The summed E-state index contributed by atoms with van der Waals surface area (Å²) < 4.78 is 0. The van der Waals surface area contributed by atoms with Crippen molar-refractivity contribution >= 4 is 0 Å². The van der Waals surface area contributed by atoms with Gasteiger partial charge in [-0.3, -0.25) is 0 Å². The van der Waals surface area contributed by atoms with Crippen LogP contribution < -0.4 is 0 Å². The smallest absolute Gasteiger partial charge is 0.0851 e. The molecule has 2 nitrogen and oxygen atoms in total. The molecule has 0 radical (unpaired) electrons. The van der Waals surface area contributed by atoms with Crippen LogP contribution >= 0.6 is 0 Å². The van der Waals surface area contributed by atoms with Gasteiger partial charge in [-0.2, -0.15) is 4.91 Å². The Morgan fingerprint density at radius 1 is 0.905 bits per heavy atom. The molecule has 1 atom stereocenters. The van der Waals surface area contributed by atoms with Gasteiger partial charge in [0.2, 0.25) is 0 Å². The normalized spacial score (nSPS) is 12.0. The third-order valence-electron chi connectivity index (χ3n) is 4.06. The topological polar surface area (TPSA) is 29.4 Å². The maximum atomic E-state index is 10.1. The van der Waals surface area contributed by atoms with Gasteiger partial charge in [0, 0.05) is 0 Å². The first-order valence-electron chi connectivity index (χ1n) is 7.75. The molecule has 2 rings (SSSR count). The molecule has 0 fully saturated rings. The van der Waals surface area contributed by atoms with Crippen LogP contribution in [0.3, 0.4) is 0 Å². The Labute approximate surface area is 127 Å². The summed E-state index contributed by atoms with van der Waals surface area (Å²) in [6.45, 7) is 2.62. The summed E-state index contributed by atoms with van der Waals surface area (Å²) in [5.74, 6) is 0.630. The summed E-state index contributed by atoms with van der Waals surface area (Å²) >= 11 is 0. The second kappa shape index (κ2) is 8.35. The molecule has 2 aromatic carbocycles. The number of benzene rings is 2. The lowest BCUT2D eigenvalue weighted by Crippen LogP contribution is -2.00. The van der Waals surface area contributed by atoms with Crippen LogP contribution in [0.4, 0.5) is 0 Å². The highest BCUT2D eigenvalue weighted by Crippen LogP contribution is 2.24. The molecule has 0 N–H and O–H groups in total. The van der Waals surface area contributed by atoms with E-state index in [4.69, 9.17) is 0 Å². The molecule has 0 amide bonds. The Morgan fingerprint density at radius 3 is 2.10 bits per heavy atom. The minimum atomic E-state index is 0.366. The van der Waals surface area contributed by atoms with Crippen molar-refractivity contribution < 1.29 is 0 Å². The number of hydrogen-bond donors (Lipinski definition) is 0. The van der Waals surface area contributed by atoms with Gasteiger partial charge >= 0.3 is 0 Å². The molecule has 0 saturated carbocycles. The summed E-state index contributed by atoms with van der Waals surface area (Å²) in [7, 11) is 0. The summed E-state index contributed by atoms with van der Waals surface area (Å²) in [6.07, 6.45) is 4.19. The Balaban J connectivity index is 1.91. The molecule has 21 heavy (non-hydrogen) atoms. The predicted octanol–water partition coefficient (Wildman–Crippen LogP) is 5.12. The summed E-state index contributed by atoms with van der Waals surface area (Å²) in [5.41, 5.74) is 3.99. The van der Waals surface area contributed by atoms with Crippen molar-refractivity contribution in [3.8, 4) is 0 Å². The minimum Gasteiger partial charge on any atom is -0.151 e. The highest BCUT2D eigenvalue weighted by atomic mass is 16.3. The summed E-state index contributed by atoms with van der Waals surface area (Å²) in [5, 5.41) is 2.91. The van der Waals surface area contributed by atoms with Gasteiger partial charge < -0.3 is 0 Å². The van der Waals surface area contributed by atoms with Crippen molar-refractivity contribution in [3.63, 3.8) is 0 Å². The Hall–Kier alpha value is -1.96. The summed E-state index contributed by atoms with van der Waals surface area (Å²) in [4.78, 5) is 10.1. The highest BCUT2D eigenvalue weighted by Gasteiger charge is 2.08. The van der Waals surface area contributed by atoms with E-state index in [9.17, 15) is 4.91 Å². The first-order valence-corrected chi connectivity index (χ1v) is 7.75. The van der Waals surface area contributed by atoms with Gasteiger partial charge in [0.25, 0.3) is 0 Å². The fraction of sp³-hybridized carbons (Fsp3) is 0.368. The lowest BCUT2D eigenvalue weighted by atomic mass is 9.90. The van der Waals surface area contributed by atoms with Crippen molar-refractivity contribution in [2.24, 2.45) is 5.18 Å². The highest BCUT2D eigenvalue weighted by molar-refractivity contribution is 5.24. The van der Waals surface area contributed by atoms with Gasteiger partial charge in [0.15, 0.2) is 0 Å². The average molecular weight is 281 g/mol. The fourth-order valence-corrected chi connectivity index (χ4v) is 2.72.